The minimum Gasteiger partial charge on any atom is -0.481 e. The van der Waals surface area contributed by atoms with E-state index in [4.69, 9.17) is 10.1 Å². The van der Waals surface area contributed by atoms with E-state index in [1.807, 2.05) is 48.5 Å². The van der Waals surface area contributed by atoms with E-state index in [2.05, 4.69) is 24.3 Å². The summed E-state index contributed by atoms with van der Waals surface area (Å²) in [7, 11) is 0. The Hall–Kier alpha value is -2.63. The van der Waals surface area contributed by atoms with Crippen LogP contribution < -0.4 is 0 Å². The molecule has 0 atom stereocenters. The third-order valence-electron chi connectivity index (χ3n) is 3.97. The number of nitrogens with zero attached hydrogens (tertiary/aromatic N) is 1. The molecular formula is C21H15NO2S2. The lowest BCUT2D eigenvalue weighted by Gasteiger charge is -2.06. The minimum atomic E-state index is -0.833. The molecule has 0 amide bonds. The Morgan fingerprint density at radius 3 is 2.65 bits per heavy atom. The van der Waals surface area contributed by atoms with Gasteiger partial charge < -0.3 is 5.11 Å². The Balaban J connectivity index is 1.84. The van der Waals surface area contributed by atoms with Gasteiger partial charge in [0.2, 0.25) is 0 Å². The molecule has 0 saturated carbocycles. The molecule has 0 radical (unpaired) electrons. The topological polar surface area (TPSA) is 50.2 Å². The highest BCUT2D eigenvalue weighted by Gasteiger charge is 2.12. The van der Waals surface area contributed by atoms with Crippen LogP contribution in [0.5, 0.6) is 0 Å². The van der Waals surface area contributed by atoms with Gasteiger partial charge in [0.25, 0.3) is 0 Å². The van der Waals surface area contributed by atoms with E-state index in [9.17, 15) is 4.79 Å². The van der Waals surface area contributed by atoms with E-state index in [1.54, 1.807) is 11.3 Å². The molecule has 1 N–H and O–H groups in total. The Morgan fingerprint density at radius 2 is 1.81 bits per heavy atom. The van der Waals surface area contributed by atoms with Crippen LogP contribution in [-0.4, -0.2) is 21.8 Å². The van der Waals surface area contributed by atoms with E-state index in [1.165, 1.54) is 11.8 Å². The molecule has 3 aromatic carbocycles. The number of fused-ring (bicyclic) bond motifs is 2. The number of para-hydroxylation sites is 1. The second kappa shape index (κ2) is 7.32. The molecule has 3 nitrogen and oxygen atoms in total. The molecule has 1 aromatic heterocycles. The molecule has 4 aromatic rings. The summed E-state index contributed by atoms with van der Waals surface area (Å²) >= 11 is 2.90. The van der Waals surface area contributed by atoms with E-state index in [0.717, 1.165) is 36.5 Å². The Morgan fingerprint density at radius 1 is 1.04 bits per heavy atom. The van der Waals surface area contributed by atoms with Crippen LogP contribution >= 0.6 is 23.1 Å². The maximum atomic E-state index is 11.1. The van der Waals surface area contributed by atoms with Crippen molar-refractivity contribution in [3.8, 4) is 0 Å². The zero-order valence-electron chi connectivity index (χ0n) is 13.8. The molecule has 0 aliphatic heterocycles. The summed E-state index contributed by atoms with van der Waals surface area (Å²) in [6, 6.07) is 22.3. The van der Waals surface area contributed by atoms with Crippen LogP contribution in [0, 0.1) is 0 Å². The first-order valence-corrected chi connectivity index (χ1v) is 9.91. The van der Waals surface area contributed by atoms with Crippen molar-refractivity contribution in [3.63, 3.8) is 0 Å². The van der Waals surface area contributed by atoms with Crippen molar-refractivity contribution in [2.24, 2.45) is 0 Å². The number of carbonyl (C=O) groups is 1. The molecule has 0 aliphatic rings. The molecule has 0 aliphatic carbocycles. The van der Waals surface area contributed by atoms with Crippen molar-refractivity contribution < 1.29 is 9.90 Å². The van der Waals surface area contributed by atoms with Crippen LogP contribution in [0.1, 0.15) is 10.6 Å². The highest BCUT2D eigenvalue weighted by molar-refractivity contribution is 8.09. The first kappa shape index (κ1) is 16.8. The number of thioether (sulfide) groups is 1. The quantitative estimate of drug-likeness (QED) is 0.480. The van der Waals surface area contributed by atoms with E-state index < -0.39 is 5.97 Å². The van der Waals surface area contributed by atoms with Gasteiger partial charge in [-0.05, 0) is 34.5 Å². The average Bonchev–Trinajstić information content (AvgIpc) is 3.09. The second-order valence-corrected chi connectivity index (χ2v) is 7.79. The number of carboxylic acid groups (broad SMARTS) is 1. The van der Waals surface area contributed by atoms with Crippen molar-refractivity contribution in [2.75, 3.05) is 5.75 Å². The largest absolute Gasteiger partial charge is 0.481 e. The van der Waals surface area contributed by atoms with Crippen molar-refractivity contribution >= 4 is 61.0 Å². The fourth-order valence-electron chi connectivity index (χ4n) is 2.80. The third-order valence-corrected chi connectivity index (χ3v) is 6.18. The Kier molecular flexibility index (Phi) is 4.73. The van der Waals surface area contributed by atoms with E-state index in [-0.39, 0.29) is 5.75 Å². The molecule has 26 heavy (non-hydrogen) atoms. The number of rotatable bonds is 5. The van der Waals surface area contributed by atoms with E-state index >= 15 is 0 Å². The van der Waals surface area contributed by atoms with Gasteiger partial charge in [-0.1, -0.05) is 54.6 Å². The van der Waals surface area contributed by atoms with Crippen LogP contribution in [-0.2, 0) is 4.79 Å². The van der Waals surface area contributed by atoms with Gasteiger partial charge in [0.15, 0.2) is 0 Å². The lowest BCUT2D eigenvalue weighted by atomic mass is 10.0. The third kappa shape index (κ3) is 3.49. The predicted octanol–water partition coefficient (Wildman–Crippen LogP) is 5.77. The molecule has 5 heteroatoms. The number of aromatic nitrogens is 1. The summed E-state index contributed by atoms with van der Waals surface area (Å²) in [5.74, 6) is -0.827. The molecular weight excluding hydrogens is 362 g/mol. The van der Waals surface area contributed by atoms with Crippen LogP contribution in [0.4, 0.5) is 0 Å². The van der Waals surface area contributed by atoms with Gasteiger partial charge in [0, 0.05) is 4.91 Å². The van der Waals surface area contributed by atoms with Gasteiger partial charge >= 0.3 is 5.97 Å². The number of benzene rings is 3. The number of hydrogen-bond donors (Lipinski definition) is 1. The second-order valence-electron chi connectivity index (χ2n) is 5.75. The van der Waals surface area contributed by atoms with Crippen molar-refractivity contribution in [3.05, 3.63) is 77.3 Å². The standard InChI is InChI=1S/C21H15NO2S2/c23-20(24)13-25-19(21-22-17-10-3-4-11-18(17)26-21)12-15-8-5-7-14-6-1-2-9-16(14)15/h1-12H,13H2,(H,23,24)/b19-12-. The summed E-state index contributed by atoms with van der Waals surface area (Å²) in [6.45, 7) is 0. The number of aliphatic carboxylic acids is 1. The van der Waals surface area contributed by atoms with Crippen LogP contribution in [0.15, 0.2) is 66.7 Å². The maximum Gasteiger partial charge on any atom is 0.313 e. The van der Waals surface area contributed by atoms with Gasteiger partial charge in [-0.25, -0.2) is 4.98 Å². The zero-order chi connectivity index (χ0) is 17.9. The van der Waals surface area contributed by atoms with Gasteiger partial charge in [-0.2, -0.15) is 0 Å². The van der Waals surface area contributed by atoms with Crippen molar-refractivity contribution in [1.29, 1.82) is 0 Å². The number of carboxylic acids is 1. The lowest BCUT2D eigenvalue weighted by Crippen LogP contribution is -1.98. The monoisotopic (exact) mass is 377 g/mol. The predicted molar refractivity (Wildman–Crippen MR) is 112 cm³/mol. The van der Waals surface area contributed by atoms with Gasteiger partial charge in [-0.3, -0.25) is 4.79 Å². The highest BCUT2D eigenvalue weighted by atomic mass is 32.2. The minimum absolute atomic E-state index is 0.00647. The molecule has 0 bridgehead atoms. The zero-order valence-corrected chi connectivity index (χ0v) is 15.4. The summed E-state index contributed by atoms with van der Waals surface area (Å²) < 4.78 is 1.10. The summed E-state index contributed by atoms with van der Waals surface area (Å²) in [5, 5.41) is 12.3. The average molecular weight is 377 g/mol. The van der Waals surface area contributed by atoms with Gasteiger partial charge in [-0.15, -0.1) is 23.1 Å². The van der Waals surface area contributed by atoms with Crippen LogP contribution in [0.3, 0.4) is 0 Å². The van der Waals surface area contributed by atoms with Gasteiger partial charge in [0.1, 0.15) is 5.01 Å². The summed E-state index contributed by atoms with van der Waals surface area (Å²) in [4.78, 5) is 16.7. The molecule has 128 valence electrons. The lowest BCUT2D eigenvalue weighted by molar-refractivity contribution is -0.133. The number of hydrogen-bond acceptors (Lipinski definition) is 4. The molecule has 0 saturated heterocycles. The normalized spacial score (nSPS) is 11.9. The molecule has 1 heterocycles. The van der Waals surface area contributed by atoms with Crippen molar-refractivity contribution in [1.82, 2.24) is 4.98 Å². The fraction of sp³-hybridized carbons (Fsp3) is 0.0476. The maximum absolute atomic E-state index is 11.1. The molecule has 0 spiro atoms. The molecule has 0 unspecified atom stereocenters. The summed E-state index contributed by atoms with van der Waals surface area (Å²) in [5.41, 5.74) is 2.00. The molecule has 0 fully saturated rings. The molecule has 4 rings (SSSR count). The first-order chi connectivity index (χ1) is 12.7. The highest BCUT2D eigenvalue weighted by Crippen LogP contribution is 2.36. The Labute approximate surface area is 159 Å². The first-order valence-electron chi connectivity index (χ1n) is 8.11. The fourth-order valence-corrected chi connectivity index (χ4v) is 4.64. The summed E-state index contributed by atoms with van der Waals surface area (Å²) in [6.07, 6.45) is 2.05. The van der Waals surface area contributed by atoms with Gasteiger partial charge in [0.05, 0.1) is 16.0 Å². The smallest absolute Gasteiger partial charge is 0.313 e. The van der Waals surface area contributed by atoms with E-state index in [0.29, 0.717) is 0 Å². The van der Waals surface area contributed by atoms with Crippen LogP contribution in [0.25, 0.3) is 32.0 Å². The van der Waals surface area contributed by atoms with Crippen LogP contribution in [0.2, 0.25) is 0 Å². The SMILES string of the molecule is O=C(O)CS/C(=C\c1cccc2ccccc12)c1nc2ccccc2s1. The number of thiazole rings is 1. The Bertz CT molecular complexity index is 1090. The van der Waals surface area contributed by atoms with Crippen molar-refractivity contribution in [2.45, 2.75) is 0 Å².